The fraction of sp³-hybridized carbons (Fsp3) is 0.190. The molecule has 0 fully saturated rings. The summed E-state index contributed by atoms with van der Waals surface area (Å²) in [4.78, 5) is 20.6. The number of amides is 1. The van der Waals surface area contributed by atoms with Gasteiger partial charge in [0.05, 0.1) is 10.5 Å². The SMILES string of the molecule is Cc1ccc(S(=O)(=O)[C@@H](CNC(=O)c2cccnc2)c2cccnc2)cc1C. The zero-order chi connectivity index (χ0) is 20.1. The average Bonchev–Trinajstić information content (AvgIpc) is 2.71. The van der Waals surface area contributed by atoms with Crippen molar-refractivity contribution in [1.29, 1.82) is 0 Å². The van der Waals surface area contributed by atoms with Crippen LogP contribution in [0.25, 0.3) is 0 Å². The van der Waals surface area contributed by atoms with Gasteiger partial charge in [-0.2, -0.15) is 0 Å². The van der Waals surface area contributed by atoms with Crippen molar-refractivity contribution in [3.05, 3.63) is 89.5 Å². The van der Waals surface area contributed by atoms with E-state index in [2.05, 4.69) is 15.3 Å². The molecule has 28 heavy (non-hydrogen) atoms. The van der Waals surface area contributed by atoms with Gasteiger partial charge < -0.3 is 5.32 Å². The molecule has 7 heteroatoms. The first-order valence-corrected chi connectivity index (χ1v) is 10.3. The maximum Gasteiger partial charge on any atom is 0.252 e. The summed E-state index contributed by atoms with van der Waals surface area (Å²) in [7, 11) is -3.74. The second-order valence-electron chi connectivity index (χ2n) is 6.52. The quantitative estimate of drug-likeness (QED) is 0.693. The van der Waals surface area contributed by atoms with E-state index in [0.29, 0.717) is 11.1 Å². The average molecular weight is 395 g/mol. The van der Waals surface area contributed by atoms with Gasteiger partial charge in [-0.1, -0.05) is 12.1 Å². The second kappa shape index (κ2) is 8.31. The number of aromatic nitrogens is 2. The molecule has 1 aromatic carbocycles. The molecule has 0 aliphatic carbocycles. The molecule has 0 spiro atoms. The second-order valence-corrected chi connectivity index (χ2v) is 8.65. The summed E-state index contributed by atoms with van der Waals surface area (Å²) in [5.74, 6) is -0.378. The lowest BCUT2D eigenvalue weighted by Crippen LogP contribution is -2.32. The van der Waals surface area contributed by atoms with Gasteiger partial charge >= 0.3 is 0 Å². The third kappa shape index (κ3) is 4.26. The van der Waals surface area contributed by atoms with Crippen LogP contribution >= 0.6 is 0 Å². The van der Waals surface area contributed by atoms with E-state index < -0.39 is 15.1 Å². The number of pyridine rings is 2. The lowest BCUT2D eigenvalue weighted by Gasteiger charge is -2.19. The van der Waals surface area contributed by atoms with Crippen LogP contribution in [0, 0.1) is 13.8 Å². The highest BCUT2D eigenvalue weighted by atomic mass is 32.2. The van der Waals surface area contributed by atoms with Crippen LogP contribution in [-0.2, 0) is 9.84 Å². The molecule has 3 aromatic rings. The Hall–Kier alpha value is -3.06. The van der Waals surface area contributed by atoms with Gasteiger partial charge in [0.15, 0.2) is 9.84 Å². The Kier molecular flexibility index (Phi) is 5.84. The molecular weight excluding hydrogens is 374 g/mol. The number of carbonyl (C=O) groups excluding carboxylic acids is 1. The van der Waals surface area contributed by atoms with Gasteiger partial charge in [0.2, 0.25) is 0 Å². The zero-order valence-electron chi connectivity index (χ0n) is 15.7. The third-order valence-electron chi connectivity index (χ3n) is 4.61. The first-order chi connectivity index (χ1) is 13.4. The number of sulfone groups is 1. The summed E-state index contributed by atoms with van der Waals surface area (Å²) in [6.45, 7) is 3.73. The Morgan fingerprint density at radius 3 is 2.32 bits per heavy atom. The highest BCUT2D eigenvalue weighted by molar-refractivity contribution is 7.91. The number of aryl methyl sites for hydroxylation is 2. The van der Waals surface area contributed by atoms with Crippen LogP contribution in [0.4, 0.5) is 0 Å². The van der Waals surface area contributed by atoms with Gasteiger partial charge in [-0.15, -0.1) is 0 Å². The Morgan fingerprint density at radius 2 is 1.71 bits per heavy atom. The minimum Gasteiger partial charge on any atom is -0.350 e. The van der Waals surface area contributed by atoms with Gasteiger partial charge in [-0.05, 0) is 60.9 Å². The normalized spacial score (nSPS) is 12.4. The van der Waals surface area contributed by atoms with Crippen LogP contribution in [0.2, 0.25) is 0 Å². The van der Waals surface area contributed by atoms with E-state index in [-0.39, 0.29) is 17.3 Å². The van der Waals surface area contributed by atoms with Crippen molar-refractivity contribution in [3.8, 4) is 0 Å². The molecule has 0 aliphatic rings. The molecular formula is C21H21N3O3S. The Balaban J connectivity index is 1.93. The Morgan fingerprint density at radius 1 is 1.00 bits per heavy atom. The lowest BCUT2D eigenvalue weighted by molar-refractivity contribution is 0.0953. The van der Waals surface area contributed by atoms with Crippen molar-refractivity contribution in [3.63, 3.8) is 0 Å². The zero-order valence-corrected chi connectivity index (χ0v) is 16.5. The molecule has 0 radical (unpaired) electrons. The molecule has 1 N–H and O–H groups in total. The number of carbonyl (C=O) groups is 1. The molecule has 0 saturated carbocycles. The van der Waals surface area contributed by atoms with E-state index in [1.165, 1.54) is 12.4 Å². The maximum atomic E-state index is 13.4. The van der Waals surface area contributed by atoms with E-state index in [1.807, 2.05) is 13.8 Å². The Labute approximate surface area is 164 Å². The van der Waals surface area contributed by atoms with Gasteiger partial charge in [0.1, 0.15) is 5.25 Å². The third-order valence-corrected chi connectivity index (χ3v) is 6.71. The highest BCUT2D eigenvalue weighted by Gasteiger charge is 2.30. The topological polar surface area (TPSA) is 89.0 Å². The molecule has 2 aromatic heterocycles. The summed E-state index contributed by atoms with van der Waals surface area (Å²) in [5.41, 5.74) is 2.80. The van der Waals surface area contributed by atoms with Gasteiger partial charge in [-0.25, -0.2) is 8.42 Å². The van der Waals surface area contributed by atoms with Crippen LogP contribution in [-0.4, -0.2) is 30.8 Å². The van der Waals surface area contributed by atoms with Crippen molar-refractivity contribution < 1.29 is 13.2 Å². The largest absolute Gasteiger partial charge is 0.350 e. The molecule has 6 nitrogen and oxygen atoms in total. The summed E-state index contributed by atoms with van der Waals surface area (Å²) >= 11 is 0. The number of hydrogen-bond donors (Lipinski definition) is 1. The molecule has 2 heterocycles. The van der Waals surface area contributed by atoms with Gasteiger partial charge in [0, 0.05) is 31.3 Å². The van der Waals surface area contributed by atoms with Crippen LogP contribution in [0.3, 0.4) is 0 Å². The summed E-state index contributed by atoms with van der Waals surface area (Å²) in [6.07, 6.45) is 6.10. The standard InChI is InChI=1S/C21H21N3O3S/c1-15-7-8-19(11-16(15)2)28(26,27)20(17-5-3-9-22-12-17)14-24-21(25)18-6-4-10-23-13-18/h3-13,20H,14H2,1-2H3,(H,24,25)/t20-/m0/s1. The molecule has 0 bridgehead atoms. The van der Waals surface area contributed by atoms with Crippen LogP contribution in [0.5, 0.6) is 0 Å². The molecule has 0 unspecified atom stereocenters. The molecule has 1 amide bonds. The first-order valence-electron chi connectivity index (χ1n) is 8.79. The number of benzene rings is 1. The van der Waals surface area contributed by atoms with Crippen molar-refractivity contribution in [2.24, 2.45) is 0 Å². The highest BCUT2D eigenvalue weighted by Crippen LogP contribution is 2.29. The number of nitrogens with zero attached hydrogens (tertiary/aromatic N) is 2. The predicted molar refractivity (Wildman–Crippen MR) is 107 cm³/mol. The van der Waals surface area contributed by atoms with E-state index in [0.717, 1.165) is 11.1 Å². The van der Waals surface area contributed by atoms with E-state index in [4.69, 9.17) is 0 Å². The monoisotopic (exact) mass is 395 g/mol. The molecule has 0 aliphatic heterocycles. The summed E-state index contributed by atoms with van der Waals surface area (Å²) in [6, 6.07) is 11.7. The number of rotatable bonds is 6. The van der Waals surface area contributed by atoms with Crippen molar-refractivity contribution >= 4 is 15.7 Å². The summed E-state index contributed by atoms with van der Waals surface area (Å²) in [5, 5.41) is 1.76. The smallest absolute Gasteiger partial charge is 0.252 e. The van der Waals surface area contributed by atoms with Crippen molar-refractivity contribution in [1.82, 2.24) is 15.3 Å². The lowest BCUT2D eigenvalue weighted by atomic mass is 10.1. The fourth-order valence-corrected chi connectivity index (χ4v) is 4.54. The number of hydrogen-bond acceptors (Lipinski definition) is 5. The minimum absolute atomic E-state index is 0.0747. The summed E-state index contributed by atoms with van der Waals surface area (Å²) < 4.78 is 26.7. The number of nitrogens with one attached hydrogen (secondary N) is 1. The fourth-order valence-electron chi connectivity index (χ4n) is 2.81. The van der Waals surface area contributed by atoms with Crippen molar-refractivity contribution in [2.45, 2.75) is 24.0 Å². The minimum atomic E-state index is -3.74. The van der Waals surface area contributed by atoms with Gasteiger partial charge in [-0.3, -0.25) is 14.8 Å². The molecule has 3 rings (SSSR count). The molecule has 144 valence electrons. The van der Waals surface area contributed by atoms with E-state index in [1.54, 1.807) is 54.9 Å². The molecule has 0 saturated heterocycles. The van der Waals surface area contributed by atoms with E-state index >= 15 is 0 Å². The van der Waals surface area contributed by atoms with Crippen LogP contribution in [0.15, 0.2) is 72.1 Å². The van der Waals surface area contributed by atoms with Gasteiger partial charge in [0.25, 0.3) is 5.91 Å². The van der Waals surface area contributed by atoms with Crippen molar-refractivity contribution in [2.75, 3.05) is 6.54 Å². The maximum absolute atomic E-state index is 13.4. The van der Waals surface area contributed by atoms with Crippen LogP contribution in [0.1, 0.15) is 32.3 Å². The first kappa shape index (κ1) is 19.7. The predicted octanol–water partition coefficient (Wildman–Crippen LogP) is 3.04. The Bertz CT molecular complexity index is 1070. The van der Waals surface area contributed by atoms with E-state index in [9.17, 15) is 13.2 Å². The van der Waals surface area contributed by atoms with Crippen LogP contribution < -0.4 is 5.32 Å². The molecule has 1 atom stereocenters.